The number of nitrogens with zero attached hydrogens (tertiary/aromatic N) is 1. The van der Waals surface area contributed by atoms with Crippen LogP contribution in [0.15, 0.2) is 42.6 Å². The number of aromatic nitrogens is 1. The van der Waals surface area contributed by atoms with Crippen molar-refractivity contribution < 1.29 is 9.84 Å². The largest absolute Gasteiger partial charge is 0.497 e. The Morgan fingerprint density at radius 2 is 1.81 bits per heavy atom. The summed E-state index contributed by atoms with van der Waals surface area (Å²) in [5, 5.41) is 13.7. The Kier molecular flexibility index (Phi) is 10.6. The summed E-state index contributed by atoms with van der Waals surface area (Å²) in [5.74, 6) is 1.33. The summed E-state index contributed by atoms with van der Waals surface area (Å²) in [6, 6.07) is 11.6. The molecule has 0 bridgehead atoms. The lowest BCUT2D eigenvalue weighted by Gasteiger charge is -2.28. The second-order valence-corrected chi connectivity index (χ2v) is 6.65. The third-order valence-electron chi connectivity index (χ3n) is 4.17. The van der Waals surface area contributed by atoms with Crippen molar-refractivity contribution in [3.05, 3.63) is 53.7 Å². The number of rotatable bonds is 8. The summed E-state index contributed by atoms with van der Waals surface area (Å²) in [6.45, 7) is 4.76. The number of pyridine rings is 1. The highest BCUT2D eigenvalue weighted by Gasteiger charge is 2.19. The normalized spacial score (nSPS) is 11.8. The number of aliphatic hydroxyl groups is 1. The van der Waals surface area contributed by atoms with E-state index in [2.05, 4.69) is 36.3 Å². The standard InChI is InChI=1S/C19H27N3O2.2ClH/c1-19(2,11-10-14-4-7-16(24-3)8-5-14)22-13-17(23)15-6-9-18(20)21-12-15;;/h4-9,12,17,22-23H,10-11,13H2,1-3H3,(H2,20,21);2*1H. The SMILES string of the molecule is COc1ccc(CCC(C)(C)NCC(O)c2ccc(N)nc2)cc1.Cl.Cl. The Morgan fingerprint density at radius 1 is 1.15 bits per heavy atom. The smallest absolute Gasteiger partial charge is 0.123 e. The number of anilines is 1. The van der Waals surface area contributed by atoms with E-state index < -0.39 is 6.10 Å². The number of nitrogens with one attached hydrogen (secondary N) is 1. The highest BCUT2D eigenvalue weighted by molar-refractivity contribution is 5.85. The first kappa shape index (κ1) is 24.5. The van der Waals surface area contributed by atoms with Crippen molar-refractivity contribution in [3.8, 4) is 5.75 Å². The molecule has 0 aliphatic heterocycles. The van der Waals surface area contributed by atoms with Gasteiger partial charge in [0, 0.05) is 23.8 Å². The number of β-amino-alcohol motifs (C(OH)–C–C–N with tert-alkyl or cyclic N) is 1. The highest BCUT2D eigenvalue weighted by Crippen LogP contribution is 2.18. The molecule has 4 N–H and O–H groups in total. The van der Waals surface area contributed by atoms with Crippen molar-refractivity contribution in [3.63, 3.8) is 0 Å². The zero-order valence-electron chi connectivity index (χ0n) is 15.4. The molecule has 2 aromatic rings. The van der Waals surface area contributed by atoms with Crippen LogP contribution in [0.3, 0.4) is 0 Å². The molecular formula is C19H29Cl2N3O2. The first-order valence-corrected chi connectivity index (χ1v) is 8.17. The number of halogens is 2. The summed E-state index contributed by atoms with van der Waals surface area (Å²) >= 11 is 0. The fourth-order valence-electron chi connectivity index (χ4n) is 2.44. The lowest BCUT2D eigenvalue weighted by molar-refractivity contribution is 0.159. The highest BCUT2D eigenvalue weighted by atomic mass is 35.5. The van der Waals surface area contributed by atoms with Gasteiger partial charge >= 0.3 is 0 Å². The molecule has 0 aliphatic rings. The molecular weight excluding hydrogens is 373 g/mol. The van der Waals surface area contributed by atoms with Crippen LogP contribution in [0.5, 0.6) is 5.75 Å². The fraction of sp³-hybridized carbons (Fsp3) is 0.421. The zero-order valence-corrected chi connectivity index (χ0v) is 17.1. The molecule has 1 heterocycles. The van der Waals surface area contributed by atoms with Gasteiger partial charge in [0.15, 0.2) is 0 Å². The van der Waals surface area contributed by atoms with Crippen LogP contribution in [-0.2, 0) is 6.42 Å². The van der Waals surface area contributed by atoms with Crippen LogP contribution in [0.1, 0.15) is 37.5 Å². The maximum absolute atomic E-state index is 10.3. The van der Waals surface area contributed by atoms with Crippen LogP contribution in [-0.4, -0.2) is 29.3 Å². The molecule has 0 aliphatic carbocycles. The van der Waals surface area contributed by atoms with Crippen LogP contribution < -0.4 is 15.8 Å². The lowest BCUT2D eigenvalue weighted by atomic mass is 9.94. The minimum atomic E-state index is -0.599. The molecule has 1 unspecified atom stereocenters. The number of aliphatic hydroxyl groups excluding tert-OH is 1. The van der Waals surface area contributed by atoms with Crippen molar-refractivity contribution in [1.82, 2.24) is 10.3 Å². The van der Waals surface area contributed by atoms with Gasteiger partial charge in [-0.1, -0.05) is 18.2 Å². The predicted molar refractivity (Wildman–Crippen MR) is 112 cm³/mol. The van der Waals surface area contributed by atoms with Gasteiger partial charge in [0.25, 0.3) is 0 Å². The molecule has 5 nitrogen and oxygen atoms in total. The van der Waals surface area contributed by atoms with Gasteiger partial charge in [0.1, 0.15) is 11.6 Å². The number of hydrogen-bond acceptors (Lipinski definition) is 5. The van der Waals surface area contributed by atoms with Crippen molar-refractivity contribution in [2.75, 3.05) is 19.4 Å². The van der Waals surface area contributed by atoms with E-state index in [1.165, 1.54) is 5.56 Å². The van der Waals surface area contributed by atoms with Gasteiger partial charge in [-0.2, -0.15) is 0 Å². The van der Waals surface area contributed by atoms with Crippen LogP contribution in [0, 0.1) is 0 Å². The topological polar surface area (TPSA) is 80.4 Å². The van der Waals surface area contributed by atoms with Gasteiger partial charge in [-0.3, -0.25) is 0 Å². The molecule has 2 rings (SSSR count). The number of methoxy groups -OCH3 is 1. The quantitative estimate of drug-likeness (QED) is 0.629. The predicted octanol–water partition coefficient (Wildman–Crippen LogP) is 3.55. The molecule has 26 heavy (non-hydrogen) atoms. The maximum Gasteiger partial charge on any atom is 0.123 e. The van der Waals surface area contributed by atoms with E-state index in [1.807, 2.05) is 12.1 Å². The van der Waals surface area contributed by atoms with E-state index in [1.54, 1.807) is 25.4 Å². The lowest BCUT2D eigenvalue weighted by Crippen LogP contribution is -2.42. The fourth-order valence-corrected chi connectivity index (χ4v) is 2.44. The first-order valence-electron chi connectivity index (χ1n) is 8.17. The van der Waals surface area contributed by atoms with Crippen LogP contribution >= 0.6 is 24.8 Å². The molecule has 0 fully saturated rings. The van der Waals surface area contributed by atoms with E-state index in [0.29, 0.717) is 12.4 Å². The molecule has 1 aromatic carbocycles. The zero-order chi connectivity index (χ0) is 17.6. The Bertz CT molecular complexity index is 634. The van der Waals surface area contributed by atoms with Crippen molar-refractivity contribution in [2.45, 2.75) is 38.3 Å². The molecule has 0 saturated heterocycles. The van der Waals surface area contributed by atoms with Gasteiger partial charge in [-0.25, -0.2) is 4.98 Å². The van der Waals surface area contributed by atoms with Gasteiger partial charge in [0.2, 0.25) is 0 Å². The van der Waals surface area contributed by atoms with Crippen molar-refractivity contribution in [2.24, 2.45) is 0 Å². The molecule has 1 aromatic heterocycles. The molecule has 7 heteroatoms. The number of nitrogens with two attached hydrogens (primary N) is 1. The summed E-state index contributed by atoms with van der Waals surface area (Å²) in [7, 11) is 1.67. The van der Waals surface area contributed by atoms with Crippen LogP contribution in [0.4, 0.5) is 5.82 Å². The third-order valence-corrected chi connectivity index (χ3v) is 4.17. The number of hydrogen-bond donors (Lipinski definition) is 3. The Morgan fingerprint density at radius 3 is 2.35 bits per heavy atom. The Balaban J connectivity index is 0.00000312. The minimum Gasteiger partial charge on any atom is -0.497 e. The van der Waals surface area contributed by atoms with E-state index >= 15 is 0 Å². The number of ether oxygens (including phenoxy) is 1. The van der Waals surface area contributed by atoms with Gasteiger partial charge < -0.3 is 20.9 Å². The summed E-state index contributed by atoms with van der Waals surface area (Å²) in [4.78, 5) is 4.01. The van der Waals surface area contributed by atoms with E-state index in [-0.39, 0.29) is 30.4 Å². The van der Waals surface area contributed by atoms with Gasteiger partial charge in [-0.05, 0) is 50.5 Å². The average Bonchev–Trinajstić information content (AvgIpc) is 2.59. The second kappa shape index (κ2) is 11.2. The van der Waals surface area contributed by atoms with Crippen LogP contribution in [0.2, 0.25) is 0 Å². The minimum absolute atomic E-state index is 0. The van der Waals surface area contributed by atoms with E-state index in [0.717, 1.165) is 24.2 Å². The van der Waals surface area contributed by atoms with Crippen molar-refractivity contribution >= 4 is 30.6 Å². The molecule has 0 saturated carbocycles. The Hall–Kier alpha value is -1.53. The Labute approximate surface area is 168 Å². The number of nitrogen functional groups attached to an aromatic ring is 1. The summed E-state index contributed by atoms with van der Waals surface area (Å²) in [6.07, 6.45) is 2.94. The monoisotopic (exact) mass is 401 g/mol. The molecule has 0 radical (unpaired) electrons. The first-order chi connectivity index (χ1) is 11.4. The van der Waals surface area contributed by atoms with Gasteiger partial charge in [-0.15, -0.1) is 24.8 Å². The number of benzene rings is 1. The summed E-state index contributed by atoms with van der Waals surface area (Å²) in [5.41, 5.74) is 7.52. The van der Waals surface area contributed by atoms with Crippen molar-refractivity contribution in [1.29, 1.82) is 0 Å². The van der Waals surface area contributed by atoms with Crippen LogP contribution in [0.25, 0.3) is 0 Å². The maximum atomic E-state index is 10.3. The average molecular weight is 402 g/mol. The molecule has 1 atom stereocenters. The van der Waals surface area contributed by atoms with E-state index in [4.69, 9.17) is 10.5 Å². The summed E-state index contributed by atoms with van der Waals surface area (Å²) < 4.78 is 5.18. The van der Waals surface area contributed by atoms with E-state index in [9.17, 15) is 5.11 Å². The number of aryl methyl sites for hydroxylation is 1. The third kappa shape index (κ3) is 7.79. The molecule has 0 spiro atoms. The molecule has 0 amide bonds. The second-order valence-electron chi connectivity index (χ2n) is 6.65. The van der Waals surface area contributed by atoms with Gasteiger partial charge in [0.05, 0.1) is 13.2 Å². The molecule has 146 valence electrons.